The summed E-state index contributed by atoms with van der Waals surface area (Å²) >= 11 is 0. The van der Waals surface area contributed by atoms with Crippen LogP contribution in [0, 0.1) is 11.3 Å². The lowest BCUT2D eigenvalue weighted by molar-refractivity contribution is -0.139. The summed E-state index contributed by atoms with van der Waals surface area (Å²) in [6, 6.07) is 16.6. The van der Waals surface area contributed by atoms with Crippen molar-refractivity contribution in [3.05, 3.63) is 66.2 Å². The largest absolute Gasteiger partial charge is 0.462 e. The predicted octanol–water partition coefficient (Wildman–Crippen LogP) is 4.42. The first-order valence-corrected chi connectivity index (χ1v) is 8.63. The highest BCUT2D eigenvalue weighted by atomic mass is 16.5. The van der Waals surface area contributed by atoms with Crippen LogP contribution in [0.4, 0.5) is 0 Å². The molecule has 0 spiro atoms. The Morgan fingerprint density at radius 2 is 1.59 bits per heavy atom. The molecule has 2 aromatic carbocycles. The molecule has 0 bridgehead atoms. The van der Waals surface area contributed by atoms with Gasteiger partial charge >= 0.3 is 11.9 Å². The third-order valence-corrected chi connectivity index (χ3v) is 3.79. The number of ether oxygens (including phenoxy) is 2. The molecule has 0 saturated carbocycles. The van der Waals surface area contributed by atoms with Gasteiger partial charge in [-0.05, 0) is 55.2 Å². The van der Waals surface area contributed by atoms with Crippen LogP contribution in [-0.4, -0.2) is 18.5 Å². The molecule has 0 heterocycles. The normalized spacial score (nSPS) is 9.93. The molecule has 0 aliphatic rings. The van der Waals surface area contributed by atoms with Gasteiger partial charge in [-0.15, -0.1) is 0 Å². The molecule has 0 saturated heterocycles. The molecule has 0 N–H and O–H groups in total. The third kappa shape index (κ3) is 6.44. The molecule has 2 rings (SSSR count). The molecule has 0 unspecified atom stereocenters. The van der Waals surface area contributed by atoms with Gasteiger partial charge in [-0.3, -0.25) is 4.79 Å². The third-order valence-electron chi connectivity index (χ3n) is 3.79. The number of rotatable bonds is 8. The van der Waals surface area contributed by atoms with Crippen molar-refractivity contribution in [1.82, 2.24) is 0 Å². The molecule has 0 radical (unpaired) electrons. The Kier molecular flexibility index (Phi) is 7.33. The van der Waals surface area contributed by atoms with Crippen LogP contribution in [0.2, 0.25) is 0 Å². The summed E-state index contributed by atoms with van der Waals surface area (Å²) in [4.78, 5) is 23.1. The van der Waals surface area contributed by atoms with Gasteiger partial charge in [-0.2, -0.15) is 5.26 Å². The van der Waals surface area contributed by atoms with Crippen LogP contribution in [0.15, 0.2) is 60.7 Å². The standard InChI is InChI=1S/C22H21NO4/c1-16(2)22(25)26-14-4-3-5-21(24)27-20-12-10-19(11-13-20)18-8-6-17(15-23)7-9-18/h6-13H,1,3-5,14H2,2H3. The Bertz CT molecular complexity index is 845. The van der Waals surface area contributed by atoms with E-state index >= 15 is 0 Å². The van der Waals surface area contributed by atoms with Crippen molar-refractivity contribution in [1.29, 1.82) is 5.26 Å². The quantitative estimate of drug-likeness (QED) is 0.300. The number of carbonyl (C=O) groups excluding carboxylic acids is 2. The van der Waals surface area contributed by atoms with Crippen LogP contribution in [0.3, 0.4) is 0 Å². The average molecular weight is 363 g/mol. The van der Waals surface area contributed by atoms with E-state index in [0.29, 0.717) is 29.7 Å². The van der Waals surface area contributed by atoms with E-state index in [4.69, 9.17) is 14.7 Å². The molecule has 0 aliphatic heterocycles. The lowest BCUT2D eigenvalue weighted by atomic mass is 10.0. The minimum atomic E-state index is -0.417. The van der Waals surface area contributed by atoms with Gasteiger partial charge in [0.25, 0.3) is 0 Å². The zero-order valence-electron chi connectivity index (χ0n) is 15.2. The molecule has 138 valence electrons. The van der Waals surface area contributed by atoms with E-state index in [1.165, 1.54) is 0 Å². The Balaban J connectivity index is 1.77. The van der Waals surface area contributed by atoms with Crippen LogP contribution in [-0.2, 0) is 14.3 Å². The number of carbonyl (C=O) groups is 2. The molecule has 0 aliphatic carbocycles. The number of benzene rings is 2. The van der Waals surface area contributed by atoms with Gasteiger partial charge < -0.3 is 9.47 Å². The van der Waals surface area contributed by atoms with Gasteiger partial charge in [-0.25, -0.2) is 4.79 Å². The average Bonchev–Trinajstić information content (AvgIpc) is 2.68. The van der Waals surface area contributed by atoms with Crippen molar-refractivity contribution in [2.45, 2.75) is 26.2 Å². The summed E-state index contributed by atoms with van der Waals surface area (Å²) in [5, 5.41) is 8.83. The Hall–Kier alpha value is -3.39. The fourth-order valence-corrected chi connectivity index (χ4v) is 2.29. The van der Waals surface area contributed by atoms with Gasteiger partial charge in [0.1, 0.15) is 5.75 Å². The minimum Gasteiger partial charge on any atom is -0.462 e. The smallest absolute Gasteiger partial charge is 0.333 e. The topological polar surface area (TPSA) is 76.4 Å². The van der Waals surface area contributed by atoms with E-state index in [9.17, 15) is 9.59 Å². The molecular formula is C22H21NO4. The molecule has 5 heteroatoms. The van der Waals surface area contributed by atoms with Crippen molar-refractivity contribution in [2.24, 2.45) is 0 Å². The highest BCUT2D eigenvalue weighted by Crippen LogP contribution is 2.23. The summed E-state index contributed by atoms with van der Waals surface area (Å²) in [5.74, 6) is -0.265. The van der Waals surface area contributed by atoms with Crippen molar-refractivity contribution in [3.63, 3.8) is 0 Å². The van der Waals surface area contributed by atoms with Crippen LogP contribution in [0.5, 0.6) is 5.75 Å². The molecule has 2 aromatic rings. The molecule has 0 fully saturated rings. The van der Waals surface area contributed by atoms with Crippen molar-refractivity contribution < 1.29 is 19.1 Å². The van der Waals surface area contributed by atoms with Gasteiger partial charge in [0.05, 0.1) is 18.2 Å². The van der Waals surface area contributed by atoms with Crippen LogP contribution < -0.4 is 4.74 Å². The van der Waals surface area contributed by atoms with E-state index in [2.05, 4.69) is 12.6 Å². The zero-order chi connectivity index (χ0) is 19.6. The van der Waals surface area contributed by atoms with E-state index in [-0.39, 0.29) is 19.0 Å². The van der Waals surface area contributed by atoms with E-state index in [0.717, 1.165) is 11.1 Å². The molecule has 0 aromatic heterocycles. The number of hydrogen-bond donors (Lipinski definition) is 0. The Labute approximate surface area is 158 Å². The first kappa shape index (κ1) is 19.9. The van der Waals surface area contributed by atoms with E-state index in [1.807, 2.05) is 24.3 Å². The van der Waals surface area contributed by atoms with Crippen LogP contribution >= 0.6 is 0 Å². The van der Waals surface area contributed by atoms with Gasteiger partial charge in [0.2, 0.25) is 0 Å². The maximum atomic E-state index is 11.9. The molecule has 5 nitrogen and oxygen atoms in total. The van der Waals surface area contributed by atoms with Gasteiger partial charge in [0, 0.05) is 12.0 Å². The first-order valence-electron chi connectivity index (χ1n) is 8.63. The fraction of sp³-hybridized carbons (Fsp3) is 0.227. The van der Waals surface area contributed by atoms with Crippen LogP contribution in [0.1, 0.15) is 31.7 Å². The summed E-state index contributed by atoms with van der Waals surface area (Å²) < 4.78 is 10.3. The SMILES string of the molecule is C=C(C)C(=O)OCCCCC(=O)Oc1ccc(-c2ccc(C#N)cc2)cc1. The number of nitriles is 1. The molecule has 27 heavy (non-hydrogen) atoms. The highest BCUT2D eigenvalue weighted by Gasteiger charge is 2.07. The Morgan fingerprint density at radius 3 is 2.15 bits per heavy atom. The first-order chi connectivity index (χ1) is 13.0. The van der Waals surface area contributed by atoms with E-state index in [1.54, 1.807) is 31.2 Å². The van der Waals surface area contributed by atoms with Gasteiger partial charge in [-0.1, -0.05) is 30.8 Å². The predicted molar refractivity (Wildman–Crippen MR) is 102 cm³/mol. The lowest BCUT2D eigenvalue weighted by Gasteiger charge is -2.07. The lowest BCUT2D eigenvalue weighted by Crippen LogP contribution is -2.09. The number of unbranched alkanes of at least 4 members (excludes halogenated alkanes) is 1. The molecular weight excluding hydrogens is 342 g/mol. The summed E-state index contributed by atoms with van der Waals surface area (Å²) in [6.45, 7) is 5.35. The number of hydrogen-bond acceptors (Lipinski definition) is 5. The molecule has 0 amide bonds. The minimum absolute atomic E-state index is 0.252. The summed E-state index contributed by atoms with van der Waals surface area (Å²) in [5.41, 5.74) is 2.92. The molecule has 0 atom stereocenters. The van der Waals surface area contributed by atoms with Crippen molar-refractivity contribution >= 4 is 11.9 Å². The van der Waals surface area contributed by atoms with Gasteiger partial charge in [0.15, 0.2) is 0 Å². The summed E-state index contributed by atoms with van der Waals surface area (Å²) in [7, 11) is 0. The maximum absolute atomic E-state index is 11.9. The monoisotopic (exact) mass is 363 g/mol. The second-order valence-electron chi connectivity index (χ2n) is 6.06. The number of nitrogens with zero attached hydrogens (tertiary/aromatic N) is 1. The zero-order valence-corrected chi connectivity index (χ0v) is 15.2. The van der Waals surface area contributed by atoms with Crippen molar-refractivity contribution in [3.8, 4) is 22.9 Å². The maximum Gasteiger partial charge on any atom is 0.333 e. The van der Waals surface area contributed by atoms with Crippen molar-refractivity contribution in [2.75, 3.05) is 6.61 Å². The second-order valence-corrected chi connectivity index (χ2v) is 6.06. The fourth-order valence-electron chi connectivity index (χ4n) is 2.29. The Morgan fingerprint density at radius 1 is 1.00 bits per heavy atom. The second kappa shape index (κ2) is 9.93. The van der Waals surface area contributed by atoms with E-state index < -0.39 is 5.97 Å². The summed E-state index contributed by atoms with van der Waals surface area (Å²) in [6.07, 6.45) is 1.42. The number of esters is 2. The van der Waals surface area contributed by atoms with Crippen LogP contribution in [0.25, 0.3) is 11.1 Å². The highest BCUT2D eigenvalue weighted by molar-refractivity contribution is 5.86.